The van der Waals surface area contributed by atoms with Crippen molar-refractivity contribution in [1.29, 1.82) is 5.26 Å². The zero-order valence-corrected chi connectivity index (χ0v) is 16.1. The van der Waals surface area contributed by atoms with Crippen LogP contribution in [0, 0.1) is 11.3 Å². The van der Waals surface area contributed by atoms with E-state index >= 15 is 0 Å². The average molecular weight is 372 g/mol. The van der Waals surface area contributed by atoms with Crippen LogP contribution >= 0.6 is 0 Å². The number of nitrogens with zero attached hydrogens (tertiary/aromatic N) is 1. The number of unbranched alkanes of at least 4 members (excludes halogenated alkanes) is 1. The number of nitrogens with one attached hydrogen (secondary N) is 1. The Bertz CT molecular complexity index is 672. The van der Waals surface area contributed by atoms with E-state index < -0.39 is 23.5 Å². The van der Waals surface area contributed by atoms with Crippen molar-refractivity contribution in [3.8, 4) is 11.8 Å². The van der Waals surface area contributed by atoms with Gasteiger partial charge in [-0.15, -0.1) is 0 Å². The smallest absolute Gasteiger partial charge is 0.338 e. The molecule has 0 spiro atoms. The quantitative estimate of drug-likeness (QED) is 0.554. The fourth-order valence-corrected chi connectivity index (χ4v) is 3.06. The van der Waals surface area contributed by atoms with Gasteiger partial charge in [-0.05, 0) is 50.5 Å². The number of carbonyl (C=O) groups excluding carboxylic acids is 2. The van der Waals surface area contributed by atoms with Gasteiger partial charge < -0.3 is 14.8 Å². The van der Waals surface area contributed by atoms with Crippen molar-refractivity contribution in [2.45, 2.75) is 70.4 Å². The molecule has 0 aromatic heterocycles. The van der Waals surface area contributed by atoms with E-state index in [9.17, 15) is 14.9 Å². The van der Waals surface area contributed by atoms with Crippen molar-refractivity contribution in [3.05, 3.63) is 29.8 Å². The molecular formula is C21H28N2O4. The first-order valence-corrected chi connectivity index (χ1v) is 9.67. The summed E-state index contributed by atoms with van der Waals surface area (Å²) in [7, 11) is 0. The summed E-state index contributed by atoms with van der Waals surface area (Å²) in [6, 6.07) is 8.89. The van der Waals surface area contributed by atoms with E-state index in [1.54, 1.807) is 24.3 Å². The molecule has 1 aliphatic rings. The molecule has 1 atom stereocenters. The summed E-state index contributed by atoms with van der Waals surface area (Å²) in [5, 5.41) is 12.2. The number of rotatable bonds is 8. The first kappa shape index (κ1) is 20.8. The van der Waals surface area contributed by atoms with Crippen LogP contribution in [0.4, 0.5) is 0 Å². The van der Waals surface area contributed by atoms with Crippen molar-refractivity contribution in [3.63, 3.8) is 0 Å². The normalized spacial score (nSPS) is 16.6. The minimum absolute atomic E-state index is 0.352. The van der Waals surface area contributed by atoms with Crippen LogP contribution in [0.2, 0.25) is 0 Å². The summed E-state index contributed by atoms with van der Waals surface area (Å²) in [5.74, 6) is -0.321. The number of ether oxygens (including phenoxy) is 2. The SMILES string of the molecule is CCCCOc1ccc(C(=O)OC(C)C(=O)NC2(C#N)CCCCC2)cc1. The highest BCUT2D eigenvalue weighted by Gasteiger charge is 2.35. The summed E-state index contributed by atoms with van der Waals surface area (Å²) in [4.78, 5) is 24.6. The second-order valence-corrected chi connectivity index (χ2v) is 7.02. The lowest BCUT2D eigenvalue weighted by Crippen LogP contribution is -2.52. The molecule has 2 rings (SSSR count). The van der Waals surface area contributed by atoms with Gasteiger partial charge in [-0.3, -0.25) is 4.79 Å². The van der Waals surface area contributed by atoms with E-state index in [1.807, 2.05) is 0 Å². The van der Waals surface area contributed by atoms with Crippen LogP contribution in [-0.4, -0.2) is 30.1 Å². The fraction of sp³-hybridized carbons (Fsp3) is 0.571. The van der Waals surface area contributed by atoms with Gasteiger partial charge in [0, 0.05) is 0 Å². The van der Waals surface area contributed by atoms with Crippen LogP contribution < -0.4 is 10.1 Å². The van der Waals surface area contributed by atoms with E-state index in [0.717, 1.165) is 32.1 Å². The van der Waals surface area contributed by atoms with Crippen molar-refractivity contribution in [2.75, 3.05) is 6.61 Å². The van der Waals surface area contributed by atoms with E-state index in [2.05, 4.69) is 18.3 Å². The summed E-state index contributed by atoms with van der Waals surface area (Å²) < 4.78 is 10.8. The number of hydrogen-bond acceptors (Lipinski definition) is 5. The third-order valence-corrected chi connectivity index (χ3v) is 4.79. The summed E-state index contributed by atoms with van der Waals surface area (Å²) in [6.45, 7) is 4.24. The van der Waals surface area contributed by atoms with Gasteiger partial charge in [-0.1, -0.05) is 32.6 Å². The first-order valence-electron chi connectivity index (χ1n) is 9.67. The van der Waals surface area contributed by atoms with Crippen LogP contribution in [-0.2, 0) is 9.53 Å². The number of amides is 1. The first-order chi connectivity index (χ1) is 13.0. The van der Waals surface area contributed by atoms with Gasteiger partial charge in [0.15, 0.2) is 6.10 Å². The molecule has 1 saturated carbocycles. The molecule has 1 aromatic rings. The van der Waals surface area contributed by atoms with E-state index in [0.29, 0.717) is 30.8 Å². The number of esters is 1. The monoisotopic (exact) mass is 372 g/mol. The second kappa shape index (κ2) is 9.96. The maximum Gasteiger partial charge on any atom is 0.338 e. The maximum atomic E-state index is 12.4. The molecule has 1 N–H and O–H groups in total. The Morgan fingerprint density at radius 1 is 1.22 bits per heavy atom. The van der Waals surface area contributed by atoms with Gasteiger partial charge in [0.1, 0.15) is 11.3 Å². The van der Waals surface area contributed by atoms with Crippen LogP contribution in [0.1, 0.15) is 69.2 Å². The Morgan fingerprint density at radius 2 is 1.89 bits per heavy atom. The van der Waals surface area contributed by atoms with Crippen LogP contribution in [0.25, 0.3) is 0 Å². The zero-order valence-electron chi connectivity index (χ0n) is 16.1. The molecule has 1 aliphatic carbocycles. The van der Waals surface area contributed by atoms with Gasteiger partial charge in [0.05, 0.1) is 18.2 Å². The summed E-state index contributed by atoms with van der Waals surface area (Å²) in [5.41, 5.74) is -0.488. The Hall–Kier alpha value is -2.55. The van der Waals surface area contributed by atoms with Crippen LogP contribution in [0.15, 0.2) is 24.3 Å². The number of carbonyl (C=O) groups is 2. The zero-order chi connectivity index (χ0) is 19.7. The molecule has 0 radical (unpaired) electrons. The molecule has 0 saturated heterocycles. The fourth-order valence-electron chi connectivity index (χ4n) is 3.06. The molecule has 1 aromatic carbocycles. The molecule has 1 fully saturated rings. The molecule has 1 unspecified atom stereocenters. The molecule has 0 heterocycles. The predicted octanol–water partition coefficient (Wildman–Crippen LogP) is 3.75. The van der Waals surface area contributed by atoms with E-state index in [1.165, 1.54) is 6.92 Å². The number of benzene rings is 1. The lowest BCUT2D eigenvalue weighted by molar-refractivity contribution is -0.130. The van der Waals surface area contributed by atoms with Gasteiger partial charge >= 0.3 is 5.97 Å². The third-order valence-electron chi connectivity index (χ3n) is 4.79. The number of nitriles is 1. The average Bonchev–Trinajstić information content (AvgIpc) is 2.69. The van der Waals surface area contributed by atoms with Crippen molar-refractivity contribution in [1.82, 2.24) is 5.32 Å². The molecule has 6 nitrogen and oxygen atoms in total. The molecule has 146 valence electrons. The van der Waals surface area contributed by atoms with Crippen molar-refractivity contribution < 1.29 is 19.1 Å². The van der Waals surface area contributed by atoms with Crippen LogP contribution in [0.3, 0.4) is 0 Å². The highest BCUT2D eigenvalue weighted by atomic mass is 16.5. The lowest BCUT2D eigenvalue weighted by atomic mass is 9.83. The van der Waals surface area contributed by atoms with Crippen molar-refractivity contribution in [2.24, 2.45) is 0 Å². The van der Waals surface area contributed by atoms with Gasteiger partial charge in [0.25, 0.3) is 5.91 Å². The van der Waals surface area contributed by atoms with Gasteiger partial charge in [-0.25, -0.2) is 4.79 Å². The molecule has 6 heteroatoms. The Morgan fingerprint density at radius 3 is 2.48 bits per heavy atom. The lowest BCUT2D eigenvalue weighted by Gasteiger charge is -2.32. The van der Waals surface area contributed by atoms with Crippen LogP contribution in [0.5, 0.6) is 5.75 Å². The predicted molar refractivity (Wildman–Crippen MR) is 101 cm³/mol. The Kier molecular flexibility index (Phi) is 7.66. The maximum absolute atomic E-state index is 12.4. The second-order valence-electron chi connectivity index (χ2n) is 7.02. The largest absolute Gasteiger partial charge is 0.494 e. The van der Waals surface area contributed by atoms with Crippen molar-refractivity contribution >= 4 is 11.9 Å². The third kappa shape index (κ3) is 5.99. The highest BCUT2D eigenvalue weighted by Crippen LogP contribution is 2.27. The molecular weight excluding hydrogens is 344 g/mol. The molecule has 27 heavy (non-hydrogen) atoms. The molecule has 0 aliphatic heterocycles. The van der Waals surface area contributed by atoms with Gasteiger partial charge in [-0.2, -0.15) is 5.26 Å². The minimum Gasteiger partial charge on any atom is -0.494 e. The van der Waals surface area contributed by atoms with E-state index in [-0.39, 0.29) is 0 Å². The number of hydrogen-bond donors (Lipinski definition) is 1. The topological polar surface area (TPSA) is 88.4 Å². The summed E-state index contributed by atoms with van der Waals surface area (Å²) >= 11 is 0. The highest BCUT2D eigenvalue weighted by molar-refractivity contribution is 5.92. The molecule has 0 bridgehead atoms. The Labute approximate surface area is 160 Å². The molecule has 1 amide bonds. The summed E-state index contributed by atoms with van der Waals surface area (Å²) in [6.07, 6.45) is 5.22. The standard InChI is InChI=1S/C21H28N2O4/c1-3-4-14-26-18-10-8-17(9-11-18)20(25)27-16(2)19(24)23-21(15-22)12-6-5-7-13-21/h8-11,16H,3-7,12-14H2,1-2H3,(H,23,24). The van der Waals surface area contributed by atoms with E-state index in [4.69, 9.17) is 9.47 Å². The Balaban J connectivity index is 1.88. The minimum atomic E-state index is -0.967. The van der Waals surface area contributed by atoms with Gasteiger partial charge in [0.2, 0.25) is 0 Å².